The van der Waals surface area contributed by atoms with Gasteiger partial charge in [0.25, 0.3) is 11.8 Å². The molecule has 1 spiro atoms. The highest BCUT2D eigenvalue weighted by molar-refractivity contribution is 6.76. The molecule has 1 fully saturated rings. The Balaban J connectivity index is 1.40. The largest absolute Gasteiger partial charge is 0.361 e. The molecule has 6 rings (SSSR count). The monoisotopic (exact) mass is 671 g/mol. The minimum Gasteiger partial charge on any atom is -0.361 e. The van der Waals surface area contributed by atoms with Gasteiger partial charge in [-0.3, -0.25) is 9.59 Å². The number of amides is 2. The smallest absolute Gasteiger partial charge is 0.255 e. The quantitative estimate of drug-likeness (QED) is 0.0792. The average Bonchev–Trinajstić information content (AvgIpc) is 3.56. The van der Waals surface area contributed by atoms with Gasteiger partial charge < -0.3 is 19.1 Å². The summed E-state index contributed by atoms with van der Waals surface area (Å²) in [6.07, 6.45) is 0.138. The Morgan fingerprint density at radius 3 is 2.41 bits per heavy atom. The van der Waals surface area contributed by atoms with Crippen LogP contribution in [0.3, 0.4) is 0 Å². The van der Waals surface area contributed by atoms with Crippen molar-refractivity contribution in [2.24, 2.45) is 0 Å². The molecule has 4 aromatic rings. The molecule has 2 aliphatic rings. The summed E-state index contributed by atoms with van der Waals surface area (Å²) >= 11 is 6.46. The molecule has 2 aliphatic heterocycles. The zero-order valence-electron chi connectivity index (χ0n) is 26.0. The number of aryl methyl sites for hydroxylation is 1. The van der Waals surface area contributed by atoms with Crippen LogP contribution in [-0.4, -0.2) is 47.4 Å². The molecule has 3 heterocycles. The van der Waals surface area contributed by atoms with Crippen LogP contribution < -0.4 is 0 Å². The van der Waals surface area contributed by atoms with Crippen molar-refractivity contribution in [3.63, 3.8) is 0 Å². The van der Waals surface area contributed by atoms with E-state index >= 15 is 0 Å². The second kappa shape index (κ2) is 11.8. The fraction of sp³-hybridized carbons (Fsp3) is 0.353. The van der Waals surface area contributed by atoms with E-state index in [0.717, 1.165) is 34.6 Å². The number of rotatable bonds is 9. The Morgan fingerprint density at radius 2 is 1.67 bits per heavy atom. The van der Waals surface area contributed by atoms with E-state index in [1.54, 1.807) is 0 Å². The maximum Gasteiger partial charge on any atom is 0.255 e. The molecule has 0 aliphatic carbocycles. The number of carbonyl (C=O) groups excluding carboxylic acids is 2. The molecule has 1 saturated heterocycles. The molecule has 6 nitrogen and oxygen atoms in total. The second-order valence-electron chi connectivity index (χ2n) is 13.3. The number of benzene rings is 3. The van der Waals surface area contributed by atoms with Crippen LogP contribution in [0.1, 0.15) is 39.2 Å². The van der Waals surface area contributed by atoms with Gasteiger partial charge in [-0.2, -0.15) is 0 Å². The van der Waals surface area contributed by atoms with Crippen LogP contribution >= 0.6 is 11.6 Å². The first-order valence-corrected chi connectivity index (χ1v) is 19.2. The van der Waals surface area contributed by atoms with Crippen molar-refractivity contribution in [3.8, 4) is 0 Å². The zero-order valence-corrected chi connectivity index (χ0v) is 27.8. The van der Waals surface area contributed by atoms with Gasteiger partial charge in [0.05, 0.1) is 12.1 Å². The number of carbonyl (C=O) groups is 2. The van der Waals surface area contributed by atoms with Crippen LogP contribution in [0.4, 0.5) is 17.6 Å². The van der Waals surface area contributed by atoms with Gasteiger partial charge >= 0.3 is 0 Å². The molecule has 1 atom stereocenters. The molecule has 46 heavy (non-hydrogen) atoms. The third-order valence-corrected chi connectivity index (χ3v) is 10.9. The lowest BCUT2D eigenvalue weighted by Gasteiger charge is -2.34. The normalized spacial score (nSPS) is 18.1. The third-order valence-electron chi connectivity index (χ3n) is 9.01. The lowest BCUT2D eigenvalue weighted by Crippen LogP contribution is -2.49. The summed E-state index contributed by atoms with van der Waals surface area (Å²) < 4.78 is 64.8. The first kappa shape index (κ1) is 32.3. The predicted octanol–water partition coefficient (Wildman–Crippen LogP) is 7.76. The first-order chi connectivity index (χ1) is 21.7. The molecule has 0 unspecified atom stereocenters. The molecule has 1 aromatic heterocycles. The number of likely N-dealkylation sites (tertiary alicyclic amines) is 1. The van der Waals surface area contributed by atoms with E-state index in [2.05, 4.69) is 19.6 Å². The van der Waals surface area contributed by atoms with Crippen LogP contribution in [0, 0.1) is 30.2 Å². The summed E-state index contributed by atoms with van der Waals surface area (Å²) in [5.74, 6) is -5.19. The van der Waals surface area contributed by atoms with Crippen LogP contribution in [0.5, 0.6) is 0 Å². The van der Waals surface area contributed by atoms with Gasteiger partial charge in [0.1, 0.15) is 18.4 Å². The van der Waals surface area contributed by atoms with Gasteiger partial charge in [-0.1, -0.05) is 37.3 Å². The topological polar surface area (TPSA) is 54.8 Å². The van der Waals surface area contributed by atoms with Gasteiger partial charge in [0.2, 0.25) is 0 Å². The Morgan fingerprint density at radius 1 is 0.935 bits per heavy atom. The highest BCUT2D eigenvalue weighted by Crippen LogP contribution is 2.48. The lowest BCUT2D eigenvalue weighted by atomic mass is 9.87. The number of fused-ring (bicyclic) bond motifs is 3. The maximum absolute atomic E-state index is 14.6. The van der Waals surface area contributed by atoms with Gasteiger partial charge in [-0.05, 0) is 54.9 Å². The van der Waals surface area contributed by atoms with Crippen molar-refractivity contribution in [1.82, 2.24) is 14.4 Å². The van der Waals surface area contributed by atoms with E-state index in [-0.39, 0.29) is 43.9 Å². The molecule has 242 valence electrons. The molecule has 2 amide bonds. The molecule has 0 radical (unpaired) electrons. The number of hydrogen-bond acceptors (Lipinski definition) is 3. The van der Waals surface area contributed by atoms with E-state index in [4.69, 9.17) is 16.3 Å². The van der Waals surface area contributed by atoms with Gasteiger partial charge in [-0.25, -0.2) is 17.6 Å². The lowest BCUT2D eigenvalue weighted by molar-refractivity contribution is -0.137. The van der Waals surface area contributed by atoms with Crippen molar-refractivity contribution in [2.45, 2.75) is 64.4 Å². The summed E-state index contributed by atoms with van der Waals surface area (Å²) in [7, 11) is -1.36. The van der Waals surface area contributed by atoms with Gasteiger partial charge in [-0.15, -0.1) is 0 Å². The second-order valence-corrected chi connectivity index (χ2v) is 19.4. The van der Waals surface area contributed by atoms with Crippen LogP contribution in [-0.2, 0) is 34.9 Å². The summed E-state index contributed by atoms with van der Waals surface area (Å²) in [6, 6.07) is 11.5. The van der Waals surface area contributed by atoms with Crippen molar-refractivity contribution < 1.29 is 31.9 Å². The van der Waals surface area contributed by atoms with Crippen LogP contribution in [0.15, 0.2) is 48.5 Å². The minimum atomic E-state index is -1.51. The molecule has 0 saturated carbocycles. The Hall–Kier alpha value is -3.67. The fourth-order valence-corrected chi connectivity index (χ4v) is 7.58. The molecular formula is C34H34ClF4N3O3Si. The molecule has 3 aromatic carbocycles. The summed E-state index contributed by atoms with van der Waals surface area (Å²) in [4.78, 5) is 31.2. The number of ether oxygens (including phenoxy) is 1. The number of nitrogens with zero attached hydrogens (tertiary/aromatic N) is 3. The number of hydrogen-bond donors (Lipinski definition) is 0. The predicted molar refractivity (Wildman–Crippen MR) is 170 cm³/mol. The number of halogens is 5. The number of aromatic nitrogens is 1. The maximum atomic E-state index is 14.6. The Labute approximate surface area is 270 Å². The van der Waals surface area contributed by atoms with Crippen molar-refractivity contribution in [1.29, 1.82) is 0 Å². The minimum absolute atomic E-state index is 0.0165. The summed E-state index contributed by atoms with van der Waals surface area (Å²) in [5.41, 5.74) is 1.14. The van der Waals surface area contributed by atoms with E-state index in [1.165, 1.54) is 21.9 Å². The van der Waals surface area contributed by atoms with Crippen LogP contribution in [0.2, 0.25) is 30.7 Å². The third kappa shape index (κ3) is 5.62. The Kier molecular flexibility index (Phi) is 8.31. The molecule has 0 N–H and O–H groups in total. The first-order valence-electron chi connectivity index (χ1n) is 15.1. The SMILES string of the molecule is Cc1cc(Cl)cc2c1cc(CN1C(=O)c3cc(F)ccc3[C@]13CCN(Cc1cc(F)c(F)cc1F)C3=O)n2COCC[Si](C)(C)C. The fourth-order valence-electron chi connectivity index (χ4n) is 6.56. The van der Waals surface area contributed by atoms with E-state index in [0.29, 0.717) is 29.0 Å². The zero-order chi connectivity index (χ0) is 33.1. The highest BCUT2D eigenvalue weighted by Gasteiger charge is 2.59. The van der Waals surface area contributed by atoms with Crippen molar-refractivity contribution in [2.75, 3.05) is 13.2 Å². The molecular weight excluding hydrogens is 638 g/mol. The van der Waals surface area contributed by atoms with E-state index in [9.17, 15) is 27.2 Å². The highest BCUT2D eigenvalue weighted by atomic mass is 35.5. The van der Waals surface area contributed by atoms with E-state index in [1.807, 2.05) is 29.7 Å². The van der Waals surface area contributed by atoms with Gasteiger partial charge in [0, 0.05) is 73.1 Å². The van der Waals surface area contributed by atoms with Crippen LogP contribution in [0.25, 0.3) is 10.9 Å². The standard InChI is InChI=1S/C34H34ClF4N3O3Si/c1-20-11-22(35)13-31-25(20)15-24(41(31)19-45-9-10-46(2,3)4)18-42-32(43)26-14-23(36)5-6-27(26)34(42)7-8-40(33(34)44)17-21-12-29(38)30(39)16-28(21)37/h5-6,11-16H,7-10,17-19H2,1-4H3/t34-/m0/s1. The Bertz CT molecular complexity index is 1890. The molecule has 12 heteroatoms. The molecule has 0 bridgehead atoms. The van der Waals surface area contributed by atoms with Crippen molar-refractivity contribution in [3.05, 3.63) is 105 Å². The van der Waals surface area contributed by atoms with Gasteiger partial charge in [0.15, 0.2) is 17.2 Å². The summed E-state index contributed by atoms with van der Waals surface area (Å²) in [6.45, 7) is 9.23. The van der Waals surface area contributed by atoms with Crippen molar-refractivity contribution >= 4 is 42.4 Å². The summed E-state index contributed by atoms with van der Waals surface area (Å²) in [5, 5.41) is 1.45. The van der Waals surface area contributed by atoms with E-state index < -0.39 is 48.7 Å². The average molecular weight is 672 g/mol.